The van der Waals surface area contributed by atoms with E-state index in [1.54, 1.807) is 0 Å². The molecule has 300 valence electrons. The van der Waals surface area contributed by atoms with E-state index in [4.69, 9.17) is 4.74 Å². The second kappa shape index (κ2) is 39.5. The predicted molar refractivity (Wildman–Crippen MR) is 218 cm³/mol. The highest BCUT2D eigenvalue weighted by molar-refractivity contribution is 5.77. The van der Waals surface area contributed by atoms with E-state index in [1.807, 2.05) is 0 Å². The molecule has 0 aromatic carbocycles. The molecular weight excluding hydrogens is 634 g/mol. The topological polar surface area (TPSA) is 95.9 Å². The first kappa shape index (κ1) is 49.3. The number of carbonyl (C=O) groups excluding carboxylic acids is 2. The van der Waals surface area contributed by atoms with Crippen molar-refractivity contribution in [3.8, 4) is 0 Å². The van der Waals surface area contributed by atoms with Crippen LogP contribution in [0.5, 0.6) is 0 Å². The van der Waals surface area contributed by atoms with E-state index < -0.39 is 18.2 Å². The van der Waals surface area contributed by atoms with Gasteiger partial charge in [0.15, 0.2) is 0 Å². The van der Waals surface area contributed by atoms with Gasteiger partial charge in [0.05, 0.1) is 25.2 Å². The Hall–Kier alpha value is -1.66. The van der Waals surface area contributed by atoms with Gasteiger partial charge < -0.3 is 20.3 Å². The number of unbranched alkanes of at least 4 members (excludes halogenated alkanes) is 24. The standard InChI is InChI=1S/C45H85NO5/c1-4-7-10-13-16-19-21-22-23-25-27-30-33-36-41(51-45(50)38-35-32-29-26-20-17-14-11-8-5-2)39-44(49)46-42(40-47)43(48)37-34-31-28-24-18-15-12-9-6-3/h16,19,21-22,41-43,47-48H,4-15,17-18,20,23-40H2,1-3H3,(H,46,49)/b19-16+,22-21+. The second-order valence-corrected chi connectivity index (χ2v) is 15.1. The molecule has 0 aliphatic rings. The number of amides is 1. The zero-order valence-corrected chi connectivity index (χ0v) is 34.0. The van der Waals surface area contributed by atoms with Gasteiger partial charge in [-0.1, -0.05) is 186 Å². The van der Waals surface area contributed by atoms with Crippen molar-refractivity contribution >= 4 is 11.9 Å². The Labute approximate surface area is 316 Å². The van der Waals surface area contributed by atoms with Crippen molar-refractivity contribution < 1.29 is 24.5 Å². The fourth-order valence-electron chi connectivity index (χ4n) is 6.66. The van der Waals surface area contributed by atoms with Crippen LogP contribution in [0.1, 0.15) is 226 Å². The Bertz CT molecular complexity index is 812. The van der Waals surface area contributed by atoms with Crippen LogP contribution in [0.2, 0.25) is 0 Å². The van der Waals surface area contributed by atoms with Gasteiger partial charge in [0, 0.05) is 6.42 Å². The summed E-state index contributed by atoms with van der Waals surface area (Å²) >= 11 is 0. The van der Waals surface area contributed by atoms with Gasteiger partial charge in [0.25, 0.3) is 0 Å². The molecular formula is C45H85NO5. The number of allylic oxidation sites excluding steroid dienone is 4. The molecule has 3 N–H and O–H groups in total. The summed E-state index contributed by atoms with van der Waals surface area (Å²) in [4.78, 5) is 25.9. The molecule has 0 aromatic heterocycles. The predicted octanol–water partition coefficient (Wildman–Crippen LogP) is 12.4. The van der Waals surface area contributed by atoms with Crippen molar-refractivity contribution in [2.24, 2.45) is 0 Å². The van der Waals surface area contributed by atoms with Crippen molar-refractivity contribution in [2.75, 3.05) is 6.61 Å². The Morgan fingerprint density at radius 1 is 0.569 bits per heavy atom. The second-order valence-electron chi connectivity index (χ2n) is 15.1. The summed E-state index contributed by atoms with van der Waals surface area (Å²) < 4.78 is 5.88. The van der Waals surface area contributed by atoms with Crippen molar-refractivity contribution in [1.82, 2.24) is 5.32 Å². The van der Waals surface area contributed by atoms with Gasteiger partial charge in [-0.2, -0.15) is 0 Å². The molecule has 0 fully saturated rings. The van der Waals surface area contributed by atoms with E-state index in [2.05, 4.69) is 50.4 Å². The lowest BCUT2D eigenvalue weighted by molar-refractivity contribution is -0.151. The number of esters is 1. The summed E-state index contributed by atoms with van der Waals surface area (Å²) in [6.07, 6.45) is 42.3. The normalized spacial score (nSPS) is 13.6. The Morgan fingerprint density at radius 2 is 0.980 bits per heavy atom. The molecule has 3 unspecified atom stereocenters. The van der Waals surface area contributed by atoms with Crippen LogP contribution < -0.4 is 5.32 Å². The van der Waals surface area contributed by atoms with Crippen LogP contribution >= 0.6 is 0 Å². The number of nitrogens with one attached hydrogen (secondary N) is 1. The third kappa shape index (κ3) is 35.2. The molecule has 0 saturated carbocycles. The van der Waals surface area contributed by atoms with Gasteiger partial charge in [-0.3, -0.25) is 9.59 Å². The molecule has 0 aliphatic heterocycles. The smallest absolute Gasteiger partial charge is 0.306 e. The van der Waals surface area contributed by atoms with Crippen LogP contribution in [0.4, 0.5) is 0 Å². The van der Waals surface area contributed by atoms with E-state index in [9.17, 15) is 19.8 Å². The largest absolute Gasteiger partial charge is 0.462 e. The summed E-state index contributed by atoms with van der Waals surface area (Å²) in [5.41, 5.74) is 0. The van der Waals surface area contributed by atoms with Crippen LogP contribution in [0, 0.1) is 0 Å². The molecule has 51 heavy (non-hydrogen) atoms. The molecule has 1 amide bonds. The van der Waals surface area contributed by atoms with Crippen LogP contribution in [-0.2, 0) is 14.3 Å². The molecule has 0 radical (unpaired) electrons. The van der Waals surface area contributed by atoms with Gasteiger partial charge in [0.2, 0.25) is 5.91 Å². The van der Waals surface area contributed by atoms with Crippen LogP contribution in [0.3, 0.4) is 0 Å². The first-order valence-corrected chi connectivity index (χ1v) is 22.1. The maximum atomic E-state index is 13.1. The molecule has 0 aromatic rings. The first-order chi connectivity index (χ1) is 25.0. The van der Waals surface area contributed by atoms with Crippen molar-refractivity contribution in [1.29, 1.82) is 0 Å². The number of ether oxygens (including phenoxy) is 1. The van der Waals surface area contributed by atoms with Crippen molar-refractivity contribution in [3.63, 3.8) is 0 Å². The quantitative estimate of drug-likeness (QED) is 0.0334. The number of hydrogen-bond donors (Lipinski definition) is 3. The van der Waals surface area contributed by atoms with E-state index in [-0.39, 0.29) is 24.9 Å². The maximum Gasteiger partial charge on any atom is 0.306 e. The van der Waals surface area contributed by atoms with Crippen molar-refractivity contribution in [2.45, 2.75) is 244 Å². The summed E-state index contributed by atoms with van der Waals surface area (Å²) in [5.74, 6) is -0.492. The van der Waals surface area contributed by atoms with Crippen LogP contribution in [-0.4, -0.2) is 46.9 Å². The highest BCUT2D eigenvalue weighted by Crippen LogP contribution is 2.17. The Morgan fingerprint density at radius 3 is 1.49 bits per heavy atom. The van der Waals surface area contributed by atoms with Gasteiger partial charge >= 0.3 is 5.97 Å². The third-order valence-corrected chi connectivity index (χ3v) is 10.1. The molecule has 3 atom stereocenters. The zero-order valence-electron chi connectivity index (χ0n) is 34.0. The molecule has 6 heteroatoms. The van der Waals surface area contributed by atoms with Crippen LogP contribution in [0.15, 0.2) is 24.3 Å². The zero-order chi connectivity index (χ0) is 37.5. The monoisotopic (exact) mass is 720 g/mol. The Kier molecular flexibility index (Phi) is 38.3. The average molecular weight is 720 g/mol. The van der Waals surface area contributed by atoms with Gasteiger partial charge in [-0.25, -0.2) is 0 Å². The number of aliphatic hydroxyl groups is 2. The molecule has 0 spiro atoms. The lowest BCUT2D eigenvalue weighted by Crippen LogP contribution is -2.46. The van der Waals surface area contributed by atoms with Crippen LogP contribution in [0.25, 0.3) is 0 Å². The fourth-order valence-corrected chi connectivity index (χ4v) is 6.66. The number of hydrogen-bond acceptors (Lipinski definition) is 5. The third-order valence-electron chi connectivity index (χ3n) is 10.1. The summed E-state index contributed by atoms with van der Waals surface area (Å²) in [5, 5.41) is 23.5. The van der Waals surface area contributed by atoms with Gasteiger partial charge in [0.1, 0.15) is 6.10 Å². The summed E-state index contributed by atoms with van der Waals surface area (Å²) in [6.45, 7) is 6.40. The molecule has 0 bridgehead atoms. The van der Waals surface area contributed by atoms with E-state index in [0.717, 1.165) is 77.0 Å². The molecule has 0 saturated heterocycles. The maximum absolute atomic E-state index is 13.1. The van der Waals surface area contributed by atoms with Gasteiger partial charge in [-0.15, -0.1) is 0 Å². The fraction of sp³-hybridized carbons (Fsp3) is 0.867. The molecule has 0 heterocycles. The van der Waals surface area contributed by atoms with Gasteiger partial charge in [-0.05, 0) is 51.4 Å². The van der Waals surface area contributed by atoms with E-state index >= 15 is 0 Å². The minimum atomic E-state index is -0.786. The Balaban J connectivity index is 4.64. The number of carbonyl (C=O) groups is 2. The van der Waals surface area contributed by atoms with Crippen molar-refractivity contribution in [3.05, 3.63) is 24.3 Å². The highest BCUT2D eigenvalue weighted by Gasteiger charge is 2.24. The van der Waals surface area contributed by atoms with E-state index in [0.29, 0.717) is 19.3 Å². The minimum absolute atomic E-state index is 0.0678. The first-order valence-electron chi connectivity index (χ1n) is 22.1. The number of aliphatic hydroxyl groups excluding tert-OH is 2. The molecule has 6 nitrogen and oxygen atoms in total. The van der Waals surface area contributed by atoms with E-state index in [1.165, 1.54) is 103 Å². The summed E-state index contributed by atoms with van der Waals surface area (Å²) in [6, 6.07) is -0.700. The SMILES string of the molecule is CCCCC/C=C/C=C/CCCCCCC(CC(=O)NC(CO)C(O)CCCCCCCCCCC)OC(=O)CCCCCCCCCCCC. The minimum Gasteiger partial charge on any atom is -0.462 e. The molecule has 0 rings (SSSR count). The molecule has 0 aliphatic carbocycles. The lowest BCUT2D eigenvalue weighted by atomic mass is 10.0. The lowest BCUT2D eigenvalue weighted by Gasteiger charge is -2.24. The average Bonchev–Trinajstić information content (AvgIpc) is 3.12. The number of rotatable bonds is 39. The summed E-state index contributed by atoms with van der Waals surface area (Å²) in [7, 11) is 0. The highest BCUT2D eigenvalue weighted by atomic mass is 16.5.